The third-order valence-corrected chi connectivity index (χ3v) is 2.69. The number of aromatic amines is 1. The molecule has 0 spiro atoms. The second-order valence-corrected chi connectivity index (χ2v) is 4.30. The Labute approximate surface area is 124 Å². The first-order valence-corrected chi connectivity index (χ1v) is 5.87. The highest BCUT2D eigenvalue weighted by Gasteiger charge is 2.37. The Hall–Kier alpha value is -2.76. The van der Waals surface area contributed by atoms with E-state index < -0.39 is 33.1 Å². The highest BCUT2D eigenvalue weighted by Crippen LogP contribution is 2.28. The first-order valence-electron chi connectivity index (χ1n) is 5.46. The lowest BCUT2D eigenvalue weighted by molar-refractivity contribution is -0.385. The smallest absolute Gasteiger partial charge is 0.453 e. The molecule has 1 heterocycles. The van der Waals surface area contributed by atoms with E-state index >= 15 is 0 Å². The van der Waals surface area contributed by atoms with Gasteiger partial charge in [-0.05, 0) is 24.4 Å². The molecular weight excluding hydrogens is 327 g/mol. The van der Waals surface area contributed by atoms with Crippen LogP contribution in [0.1, 0.15) is 11.4 Å². The zero-order valence-corrected chi connectivity index (χ0v) is 11.2. The molecule has 2 aromatic rings. The number of halogens is 3. The largest absolute Gasteiger partial charge is 0.502 e. The molecule has 12 heteroatoms. The molecule has 0 aliphatic rings. The number of H-pyrrole nitrogens is 1. The van der Waals surface area contributed by atoms with Gasteiger partial charge < -0.3 is 5.11 Å². The van der Waals surface area contributed by atoms with E-state index in [1.807, 2.05) is 5.10 Å². The summed E-state index contributed by atoms with van der Waals surface area (Å²) in [6.45, 7) is 0. The SMILES string of the molecule is O=[N+]([O-])c1cc(/C=N/n2c(C(F)(F)F)n[nH]c2=S)ccc1O. The van der Waals surface area contributed by atoms with E-state index in [0.717, 1.165) is 18.3 Å². The predicted molar refractivity (Wildman–Crippen MR) is 70.2 cm³/mol. The topological polar surface area (TPSA) is 109 Å². The van der Waals surface area contributed by atoms with Crippen molar-refractivity contribution < 1.29 is 23.2 Å². The second kappa shape index (κ2) is 5.55. The van der Waals surface area contributed by atoms with Gasteiger partial charge in [0.1, 0.15) is 0 Å². The van der Waals surface area contributed by atoms with Crippen LogP contribution in [-0.4, -0.2) is 31.1 Å². The van der Waals surface area contributed by atoms with Gasteiger partial charge >= 0.3 is 11.9 Å². The molecule has 0 unspecified atom stereocenters. The van der Waals surface area contributed by atoms with Crippen molar-refractivity contribution in [1.29, 1.82) is 0 Å². The highest BCUT2D eigenvalue weighted by molar-refractivity contribution is 7.71. The zero-order valence-electron chi connectivity index (χ0n) is 10.4. The number of rotatable bonds is 3. The van der Waals surface area contributed by atoms with Gasteiger partial charge in [0.05, 0.1) is 11.1 Å². The summed E-state index contributed by atoms with van der Waals surface area (Å²) in [5.41, 5.74) is -0.503. The normalized spacial score (nSPS) is 12.0. The molecule has 8 nitrogen and oxygen atoms in total. The summed E-state index contributed by atoms with van der Waals surface area (Å²) >= 11 is 4.63. The summed E-state index contributed by atoms with van der Waals surface area (Å²) in [7, 11) is 0. The Morgan fingerprint density at radius 2 is 2.18 bits per heavy atom. The molecule has 0 saturated carbocycles. The number of alkyl halides is 3. The van der Waals surface area contributed by atoms with Crippen molar-refractivity contribution in [3.05, 3.63) is 44.5 Å². The molecule has 0 saturated heterocycles. The Kier molecular flexibility index (Phi) is 3.95. The van der Waals surface area contributed by atoms with Crippen LogP contribution in [0.2, 0.25) is 0 Å². The number of aromatic hydroxyl groups is 1. The Balaban J connectivity index is 2.42. The summed E-state index contributed by atoms with van der Waals surface area (Å²) < 4.78 is 37.9. The minimum Gasteiger partial charge on any atom is -0.502 e. The molecule has 0 radical (unpaired) electrons. The van der Waals surface area contributed by atoms with Crippen LogP contribution in [0.15, 0.2) is 23.3 Å². The molecule has 1 aromatic heterocycles. The monoisotopic (exact) mass is 333 g/mol. The molecule has 0 aliphatic heterocycles. The summed E-state index contributed by atoms with van der Waals surface area (Å²) in [6.07, 6.45) is -3.85. The van der Waals surface area contributed by atoms with Crippen LogP contribution in [0.25, 0.3) is 0 Å². The van der Waals surface area contributed by atoms with Crippen LogP contribution in [0.5, 0.6) is 5.75 Å². The van der Waals surface area contributed by atoms with Crippen molar-refractivity contribution in [1.82, 2.24) is 14.9 Å². The summed E-state index contributed by atoms with van der Waals surface area (Å²) in [4.78, 5) is 9.83. The van der Waals surface area contributed by atoms with Crippen molar-refractivity contribution in [2.75, 3.05) is 0 Å². The molecule has 2 rings (SSSR count). The predicted octanol–water partition coefficient (Wildman–Crippen LogP) is 2.46. The number of aromatic nitrogens is 3. The van der Waals surface area contributed by atoms with Crippen LogP contribution in [-0.2, 0) is 6.18 Å². The number of phenolic OH excluding ortho intramolecular Hbond substituents is 1. The third-order valence-electron chi connectivity index (χ3n) is 2.42. The van der Waals surface area contributed by atoms with Gasteiger partial charge in [-0.2, -0.15) is 22.9 Å². The molecule has 22 heavy (non-hydrogen) atoms. The van der Waals surface area contributed by atoms with E-state index in [0.29, 0.717) is 4.68 Å². The van der Waals surface area contributed by atoms with E-state index in [1.165, 1.54) is 6.07 Å². The lowest BCUT2D eigenvalue weighted by Gasteiger charge is -2.04. The van der Waals surface area contributed by atoms with Gasteiger partial charge in [-0.3, -0.25) is 10.1 Å². The number of nitrogens with zero attached hydrogens (tertiary/aromatic N) is 4. The minimum atomic E-state index is -4.77. The first-order chi connectivity index (χ1) is 10.2. The standard InChI is InChI=1S/C10H6F3N5O3S/c11-10(12,13)8-15-16-9(22)17(8)14-4-5-1-2-7(19)6(3-5)18(20)21/h1-4,19H,(H,16,22)/b14-4+. The fraction of sp³-hybridized carbons (Fsp3) is 0.100. The quantitative estimate of drug-likeness (QED) is 0.388. The maximum absolute atomic E-state index is 12.7. The molecule has 0 aliphatic carbocycles. The van der Waals surface area contributed by atoms with Gasteiger partial charge in [0, 0.05) is 11.6 Å². The number of benzene rings is 1. The van der Waals surface area contributed by atoms with E-state index in [-0.39, 0.29) is 5.56 Å². The molecule has 2 N–H and O–H groups in total. The van der Waals surface area contributed by atoms with Gasteiger partial charge in [0.25, 0.3) is 5.82 Å². The molecule has 0 amide bonds. The Bertz CT molecular complexity index is 811. The molecule has 116 valence electrons. The van der Waals surface area contributed by atoms with Crippen molar-refractivity contribution in [3.8, 4) is 5.75 Å². The van der Waals surface area contributed by atoms with Crippen molar-refractivity contribution in [3.63, 3.8) is 0 Å². The lowest BCUT2D eigenvalue weighted by atomic mass is 10.2. The van der Waals surface area contributed by atoms with Gasteiger partial charge in [0.15, 0.2) is 5.75 Å². The second-order valence-electron chi connectivity index (χ2n) is 3.91. The van der Waals surface area contributed by atoms with E-state index in [4.69, 9.17) is 0 Å². The van der Waals surface area contributed by atoms with Crippen LogP contribution in [0, 0.1) is 14.9 Å². The number of phenols is 1. The number of hydrogen-bond donors (Lipinski definition) is 2. The van der Waals surface area contributed by atoms with Crippen LogP contribution in [0.4, 0.5) is 18.9 Å². The molecule has 1 aromatic carbocycles. The zero-order chi connectivity index (χ0) is 16.5. The Morgan fingerprint density at radius 1 is 1.50 bits per heavy atom. The fourth-order valence-electron chi connectivity index (χ4n) is 1.47. The summed E-state index contributed by atoms with van der Waals surface area (Å²) in [5, 5.41) is 28.4. The highest BCUT2D eigenvalue weighted by atomic mass is 32.1. The minimum absolute atomic E-state index is 0.0979. The van der Waals surface area contributed by atoms with E-state index in [2.05, 4.69) is 22.4 Å². The average molecular weight is 333 g/mol. The van der Waals surface area contributed by atoms with Gasteiger partial charge in [-0.25, -0.2) is 5.10 Å². The average Bonchev–Trinajstić information content (AvgIpc) is 2.78. The van der Waals surface area contributed by atoms with Crippen LogP contribution >= 0.6 is 12.2 Å². The maximum Gasteiger partial charge on any atom is 0.453 e. The van der Waals surface area contributed by atoms with E-state index in [9.17, 15) is 28.4 Å². The Morgan fingerprint density at radius 3 is 2.77 bits per heavy atom. The van der Waals surface area contributed by atoms with Crippen LogP contribution in [0.3, 0.4) is 0 Å². The lowest BCUT2D eigenvalue weighted by Crippen LogP contribution is -2.12. The maximum atomic E-state index is 12.7. The third kappa shape index (κ3) is 3.11. The summed E-state index contributed by atoms with van der Waals surface area (Å²) in [6, 6.07) is 3.22. The van der Waals surface area contributed by atoms with Gasteiger partial charge in [0.2, 0.25) is 4.77 Å². The van der Waals surface area contributed by atoms with Crippen molar-refractivity contribution in [2.24, 2.45) is 5.10 Å². The number of nitro benzene ring substituents is 1. The number of hydrogen-bond acceptors (Lipinski definition) is 6. The fourth-order valence-corrected chi connectivity index (χ4v) is 1.65. The number of nitrogens with one attached hydrogen (secondary N) is 1. The van der Waals surface area contributed by atoms with Crippen molar-refractivity contribution >= 4 is 24.1 Å². The molecular formula is C10H6F3N5O3S. The van der Waals surface area contributed by atoms with Crippen LogP contribution < -0.4 is 0 Å². The molecule has 0 bridgehead atoms. The summed E-state index contributed by atoms with van der Waals surface area (Å²) in [5.74, 6) is -1.93. The number of nitro groups is 1. The van der Waals surface area contributed by atoms with E-state index in [1.54, 1.807) is 0 Å². The first kappa shape index (κ1) is 15.6. The van der Waals surface area contributed by atoms with Crippen molar-refractivity contribution in [2.45, 2.75) is 6.18 Å². The van der Waals surface area contributed by atoms with Gasteiger partial charge in [-0.1, -0.05) is 0 Å². The molecule has 0 atom stereocenters. The molecule has 0 fully saturated rings. The van der Waals surface area contributed by atoms with Gasteiger partial charge in [-0.15, -0.1) is 5.10 Å².